The lowest BCUT2D eigenvalue weighted by atomic mass is 10.2. The van der Waals surface area contributed by atoms with Crippen LogP contribution >= 0.6 is 11.8 Å². The van der Waals surface area contributed by atoms with Crippen LogP contribution in [-0.4, -0.2) is 34.4 Å². The van der Waals surface area contributed by atoms with Crippen LogP contribution in [0.1, 0.15) is 13.8 Å². The van der Waals surface area contributed by atoms with Crippen molar-refractivity contribution in [3.05, 3.63) is 30.3 Å². The van der Waals surface area contributed by atoms with Gasteiger partial charge in [-0.15, -0.1) is 10.2 Å². The summed E-state index contributed by atoms with van der Waals surface area (Å²) in [6.07, 6.45) is 0. The highest BCUT2D eigenvalue weighted by molar-refractivity contribution is 7.99. The molecular weight excluding hydrogens is 316 g/mol. The first-order valence-corrected chi connectivity index (χ1v) is 8.12. The van der Waals surface area contributed by atoms with Crippen molar-refractivity contribution in [3.63, 3.8) is 0 Å². The van der Waals surface area contributed by atoms with Crippen LogP contribution in [0.2, 0.25) is 0 Å². The number of carbonyl (C=O) groups excluding carboxylic acids is 2. The molecule has 2 aromatic rings. The Hall–Kier alpha value is -2.35. The van der Waals surface area contributed by atoms with Crippen LogP contribution in [0.5, 0.6) is 0 Å². The zero-order valence-corrected chi connectivity index (χ0v) is 13.7. The van der Waals surface area contributed by atoms with Crippen LogP contribution in [0.3, 0.4) is 0 Å². The second-order valence-corrected chi connectivity index (χ2v) is 6.11. The lowest BCUT2D eigenvalue weighted by Gasteiger charge is -2.07. The maximum atomic E-state index is 11.7. The quantitative estimate of drug-likeness (QED) is 0.787. The molecular formula is C15H18N4O3S. The highest BCUT2D eigenvalue weighted by atomic mass is 32.2. The third-order valence-electron chi connectivity index (χ3n) is 2.68. The molecule has 0 saturated heterocycles. The molecule has 0 spiro atoms. The molecule has 122 valence electrons. The van der Waals surface area contributed by atoms with E-state index in [1.807, 2.05) is 44.2 Å². The molecule has 0 atom stereocenters. The third-order valence-corrected chi connectivity index (χ3v) is 3.50. The fraction of sp³-hybridized carbons (Fsp3) is 0.333. The van der Waals surface area contributed by atoms with Gasteiger partial charge in [0.15, 0.2) is 0 Å². The van der Waals surface area contributed by atoms with E-state index in [0.29, 0.717) is 18.4 Å². The molecule has 0 aliphatic heterocycles. The Balaban J connectivity index is 1.79. The fourth-order valence-electron chi connectivity index (χ4n) is 1.60. The van der Waals surface area contributed by atoms with E-state index < -0.39 is 11.9 Å². The number of benzene rings is 1. The zero-order valence-electron chi connectivity index (χ0n) is 12.9. The first kappa shape index (κ1) is 17.0. The number of aromatic nitrogens is 2. The van der Waals surface area contributed by atoms with E-state index in [1.165, 1.54) is 0 Å². The van der Waals surface area contributed by atoms with Gasteiger partial charge >= 0.3 is 6.03 Å². The lowest BCUT2D eigenvalue weighted by Crippen LogP contribution is -2.41. The predicted molar refractivity (Wildman–Crippen MR) is 86.8 cm³/mol. The minimum Gasteiger partial charge on any atom is -0.411 e. The predicted octanol–water partition coefficient (Wildman–Crippen LogP) is 2.31. The zero-order chi connectivity index (χ0) is 16.7. The Morgan fingerprint density at radius 1 is 1.22 bits per heavy atom. The molecule has 23 heavy (non-hydrogen) atoms. The largest absolute Gasteiger partial charge is 0.411 e. The SMILES string of the molecule is CC(C)CNC(=O)NC(=O)CSc1nnc(-c2ccccc2)o1. The van der Waals surface area contributed by atoms with Crippen LogP contribution in [0.4, 0.5) is 4.79 Å². The number of rotatable bonds is 6. The maximum Gasteiger partial charge on any atom is 0.321 e. The topological polar surface area (TPSA) is 97.1 Å². The number of amides is 3. The van der Waals surface area contributed by atoms with Gasteiger partial charge in [-0.05, 0) is 18.1 Å². The van der Waals surface area contributed by atoms with Crippen molar-refractivity contribution in [1.82, 2.24) is 20.8 Å². The lowest BCUT2D eigenvalue weighted by molar-refractivity contribution is -0.117. The molecule has 2 N–H and O–H groups in total. The van der Waals surface area contributed by atoms with E-state index in [-0.39, 0.29) is 11.0 Å². The van der Waals surface area contributed by atoms with Gasteiger partial charge in [0.2, 0.25) is 11.8 Å². The number of thioether (sulfide) groups is 1. The molecule has 3 amide bonds. The highest BCUT2D eigenvalue weighted by Crippen LogP contribution is 2.22. The number of hydrogen-bond acceptors (Lipinski definition) is 6. The van der Waals surface area contributed by atoms with Gasteiger partial charge in [-0.1, -0.05) is 43.8 Å². The molecule has 1 heterocycles. The van der Waals surface area contributed by atoms with Crippen LogP contribution in [0, 0.1) is 5.92 Å². The molecule has 8 heteroatoms. The summed E-state index contributed by atoms with van der Waals surface area (Å²) in [6.45, 7) is 4.45. The molecule has 0 bridgehead atoms. The number of hydrogen-bond donors (Lipinski definition) is 2. The second-order valence-electron chi connectivity index (χ2n) is 5.18. The molecule has 0 aliphatic carbocycles. The van der Waals surface area contributed by atoms with E-state index in [1.54, 1.807) is 0 Å². The summed E-state index contributed by atoms with van der Waals surface area (Å²) in [5.74, 6) is 0.310. The maximum absolute atomic E-state index is 11.7. The Bertz CT molecular complexity index is 658. The summed E-state index contributed by atoms with van der Waals surface area (Å²) in [4.78, 5) is 23.1. The van der Waals surface area contributed by atoms with Crippen LogP contribution in [0.15, 0.2) is 40.0 Å². The van der Waals surface area contributed by atoms with Gasteiger partial charge in [0.05, 0.1) is 5.75 Å². The summed E-state index contributed by atoms with van der Waals surface area (Å²) < 4.78 is 5.46. The third kappa shape index (κ3) is 5.74. The van der Waals surface area contributed by atoms with Crippen molar-refractivity contribution in [1.29, 1.82) is 0 Å². The minimum atomic E-state index is -0.500. The number of nitrogens with one attached hydrogen (secondary N) is 2. The Morgan fingerprint density at radius 3 is 2.65 bits per heavy atom. The number of nitrogens with zero attached hydrogens (tertiary/aromatic N) is 2. The number of carbonyl (C=O) groups is 2. The van der Waals surface area contributed by atoms with Gasteiger partial charge in [-0.2, -0.15) is 0 Å². The van der Waals surface area contributed by atoms with Gasteiger partial charge < -0.3 is 9.73 Å². The summed E-state index contributed by atoms with van der Waals surface area (Å²) in [6, 6.07) is 8.84. The monoisotopic (exact) mass is 334 g/mol. The minimum absolute atomic E-state index is 0.0194. The molecule has 0 fully saturated rings. The molecule has 0 saturated carbocycles. The molecule has 0 aliphatic rings. The summed E-state index contributed by atoms with van der Waals surface area (Å²) in [5.41, 5.74) is 0.810. The molecule has 1 aromatic heterocycles. The van der Waals surface area contributed by atoms with Gasteiger partial charge in [0, 0.05) is 12.1 Å². The van der Waals surface area contributed by atoms with E-state index in [0.717, 1.165) is 17.3 Å². The smallest absolute Gasteiger partial charge is 0.321 e. The van der Waals surface area contributed by atoms with Crippen molar-refractivity contribution in [2.24, 2.45) is 5.92 Å². The van der Waals surface area contributed by atoms with Crippen molar-refractivity contribution in [3.8, 4) is 11.5 Å². The van der Waals surface area contributed by atoms with Crippen LogP contribution in [0.25, 0.3) is 11.5 Å². The average molecular weight is 334 g/mol. The molecule has 1 aromatic carbocycles. The second kappa shape index (κ2) is 8.33. The summed E-state index contributed by atoms with van der Waals surface area (Å²) in [7, 11) is 0. The first-order chi connectivity index (χ1) is 11.0. The highest BCUT2D eigenvalue weighted by Gasteiger charge is 2.12. The average Bonchev–Trinajstić information content (AvgIpc) is 3.01. The van der Waals surface area contributed by atoms with Gasteiger partial charge in [-0.3, -0.25) is 10.1 Å². The van der Waals surface area contributed by atoms with Gasteiger partial charge in [0.25, 0.3) is 5.22 Å². The van der Waals surface area contributed by atoms with Crippen molar-refractivity contribution in [2.45, 2.75) is 19.1 Å². The van der Waals surface area contributed by atoms with Crippen molar-refractivity contribution in [2.75, 3.05) is 12.3 Å². The molecule has 2 rings (SSSR count). The Kier molecular flexibility index (Phi) is 6.16. The Morgan fingerprint density at radius 2 is 1.96 bits per heavy atom. The van der Waals surface area contributed by atoms with E-state index >= 15 is 0 Å². The fourth-order valence-corrected chi connectivity index (χ4v) is 2.16. The van der Waals surface area contributed by atoms with Crippen LogP contribution < -0.4 is 10.6 Å². The summed E-state index contributed by atoms with van der Waals surface area (Å²) in [5, 5.41) is 12.9. The van der Waals surface area contributed by atoms with Crippen molar-refractivity contribution < 1.29 is 14.0 Å². The van der Waals surface area contributed by atoms with E-state index in [9.17, 15) is 9.59 Å². The molecule has 7 nitrogen and oxygen atoms in total. The Labute approximate surface area is 138 Å². The number of imide groups is 1. The molecule has 0 unspecified atom stereocenters. The normalized spacial score (nSPS) is 10.6. The number of urea groups is 1. The van der Waals surface area contributed by atoms with Gasteiger partial charge in [0.1, 0.15) is 0 Å². The van der Waals surface area contributed by atoms with Crippen molar-refractivity contribution >= 4 is 23.7 Å². The summed E-state index contributed by atoms with van der Waals surface area (Å²) >= 11 is 1.08. The van der Waals surface area contributed by atoms with Gasteiger partial charge in [-0.25, -0.2) is 4.79 Å². The standard InChI is InChI=1S/C15H18N4O3S/c1-10(2)8-16-14(21)17-12(20)9-23-15-19-18-13(22-15)11-6-4-3-5-7-11/h3-7,10H,8-9H2,1-2H3,(H2,16,17,20,21). The van der Waals surface area contributed by atoms with Crippen LogP contribution in [-0.2, 0) is 4.79 Å². The van der Waals surface area contributed by atoms with E-state index in [2.05, 4.69) is 20.8 Å². The van der Waals surface area contributed by atoms with E-state index in [4.69, 9.17) is 4.42 Å². The molecule has 0 radical (unpaired) electrons. The first-order valence-electron chi connectivity index (χ1n) is 7.14.